The van der Waals surface area contributed by atoms with Crippen LogP contribution in [0.4, 0.5) is 15.9 Å². The molecule has 1 aromatic carbocycles. The van der Waals surface area contributed by atoms with Gasteiger partial charge in [-0.1, -0.05) is 12.1 Å². The van der Waals surface area contributed by atoms with E-state index in [1.54, 1.807) is 18.2 Å². The largest absolute Gasteiger partial charge is 0.367 e. The summed E-state index contributed by atoms with van der Waals surface area (Å²) in [5.74, 6) is 0.387. The highest BCUT2D eigenvalue weighted by molar-refractivity contribution is 7.89. The van der Waals surface area contributed by atoms with Crippen LogP contribution >= 0.6 is 0 Å². The predicted molar refractivity (Wildman–Crippen MR) is 95.7 cm³/mol. The molecule has 0 saturated carbocycles. The quantitative estimate of drug-likeness (QED) is 0.851. The number of sulfonamides is 1. The van der Waals surface area contributed by atoms with Crippen LogP contribution in [0.2, 0.25) is 0 Å². The number of piperidine rings is 1. The Morgan fingerprint density at radius 2 is 2.04 bits per heavy atom. The monoisotopic (exact) mass is 364 g/mol. The zero-order valence-electron chi connectivity index (χ0n) is 13.9. The summed E-state index contributed by atoms with van der Waals surface area (Å²) >= 11 is 0. The molecule has 0 radical (unpaired) electrons. The van der Waals surface area contributed by atoms with Gasteiger partial charge in [0.25, 0.3) is 0 Å². The van der Waals surface area contributed by atoms with Crippen molar-refractivity contribution >= 4 is 21.5 Å². The number of nitrogens with one attached hydrogen (secondary N) is 2. The summed E-state index contributed by atoms with van der Waals surface area (Å²) in [5, 5.41) is 3.31. The Balaban J connectivity index is 1.68. The highest BCUT2D eigenvalue weighted by atomic mass is 32.2. The smallest absolute Gasteiger partial charge is 0.241 e. The maximum atomic E-state index is 14.0. The van der Waals surface area contributed by atoms with E-state index >= 15 is 0 Å². The minimum absolute atomic E-state index is 0.118. The first-order valence-electron chi connectivity index (χ1n) is 8.15. The van der Waals surface area contributed by atoms with Crippen LogP contribution in [-0.4, -0.2) is 39.6 Å². The molecule has 2 N–H and O–H groups in total. The molecule has 2 aromatic rings. The number of hydrogen-bond acceptors (Lipinski definition) is 5. The van der Waals surface area contributed by atoms with E-state index in [4.69, 9.17) is 0 Å². The number of hydrogen-bond donors (Lipinski definition) is 2. The van der Waals surface area contributed by atoms with Gasteiger partial charge in [0, 0.05) is 25.3 Å². The lowest BCUT2D eigenvalue weighted by molar-refractivity contribution is 0.518. The molecule has 1 atom stereocenters. The molecule has 1 saturated heterocycles. The van der Waals surface area contributed by atoms with Crippen LogP contribution in [0, 0.1) is 5.82 Å². The summed E-state index contributed by atoms with van der Waals surface area (Å²) in [6.45, 7) is 1.48. The standard InChI is InChI=1S/C17H21FN4O2S/c1-19-25(23,24)14-8-9-17(20-11-14)21-13-5-4-10-22(12-13)16-7-3-2-6-15(16)18/h2-3,6-9,11,13,19H,4-5,10,12H2,1H3,(H,20,21). The molecule has 6 nitrogen and oxygen atoms in total. The second-order valence-electron chi connectivity index (χ2n) is 5.97. The molecule has 1 unspecified atom stereocenters. The van der Waals surface area contributed by atoms with E-state index in [2.05, 4.69) is 15.0 Å². The predicted octanol–water partition coefficient (Wildman–Crippen LogP) is 2.21. The Bertz CT molecular complexity index is 827. The molecule has 25 heavy (non-hydrogen) atoms. The molecule has 1 aliphatic rings. The number of anilines is 2. The molecule has 0 amide bonds. The number of aromatic nitrogens is 1. The lowest BCUT2D eigenvalue weighted by Crippen LogP contribution is -2.42. The summed E-state index contributed by atoms with van der Waals surface area (Å²) in [4.78, 5) is 6.33. The average molecular weight is 364 g/mol. The van der Waals surface area contributed by atoms with Gasteiger partial charge < -0.3 is 10.2 Å². The lowest BCUT2D eigenvalue weighted by Gasteiger charge is -2.35. The number of pyridine rings is 1. The fourth-order valence-corrected chi connectivity index (χ4v) is 3.65. The second-order valence-corrected chi connectivity index (χ2v) is 7.85. The number of para-hydroxylation sites is 1. The maximum absolute atomic E-state index is 14.0. The molecule has 0 aliphatic carbocycles. The van der Waals surface area contributed by atoms with E-state index in [-0.39, 0.29) is 16.8 Å². The molecule has 2 heterocycles. The van der Waals surface area contributed by atoms with Crippen LogP contribution in [0.25, 0.3) is 0 Å². The first-order chi connectivity index (χ1) is 12.0. The van der Waals surface area contributed by atoms with Crippen LogP contribution in [0.15, 0.2) is 47.5 Å². The SMILES string of the molecule is CNS(=O)(=O)c1ccc(NC2CCCN(c3ccccc3F)C2)nc1. The molecule has 0 spiro atoms. The van der Waals surface area contributed by atoms with E-state index in [0.29, 0.717) is 18.1 Å². The Kier molecular flexibility index (Phi) is 5.19. The van der Waals surface area contributed by atoms with Crippen LogP contribution in [0.5, 0.6) is 0 Å². The highest BCUT2D eigenvalue weighted by Crippen LogP contribution is 2.24. The normalized spacial score (nSPS) is 18.2. The fourth-order valence-electron chi connectivity index (χ4n) is 2.97. The maximum Gasteiger partial charge on any atom is 0.241 e. The Labute approximate surface area is 147 Å². The van der Waals surface area contributed by atoms with Crippen molar-refractivity contribution in [2.24, 2.45) is 0 Å². The fraction of sp³-hybridized carbons (Fsp3) is 0.353. The summed E-state index contributed by atoms with van der Waals surface area (Å²) in [6.07, 6.45) is 3.22. The molecular formula is C17H21FN4O2S. The van der Waals surface area contributed by atoms with Gasteiger partial charge in [0.2, 0.25) is 10.0 Å². The van der Waals surface area contributed by atoms with Crippen molar-refractivity contribution in [2.75, 3.05) is 30.4 Å². The van der Waals surface area contributed by atoms with Crippen molar-refractivity contribution in [1.29, 1.82) is 0 Å². The summed E-state index contributed by atoms with van der Waals surface area (Å²) in [7, 11) is -2.13. The molecule has 8 heteroatoms. The molecule has 3 rings (SSSR count). The van der Waals surface area contributed by atoms with Crippen molar-refractivity contribution in [2.45, 2.75) is 23.8 Å². The summed E-state index contributed by atoms with van der Waals surface area (Å²) in [5.41, 5.74) is 0.609. The summed E-state index contributed by atoms with van der Waals surface area (Å²) in [6, 6.07) is 10.0. The van der Waals surface area contributed by atoms with Gasteiger partial charge in [-0.25, -0.2) is 22.5 Å². The Morgan fingerprint density at radius 1 is 1.24 bits per heavy atom. The third-order valence-corrected chi connectivity index (χ3v) is 5.68. The van der Waals surface area contributed by atoms with E-state index in [1.807, 2.05) is 11.0 Å². The van der Waals surface area contributed by atoms with E-state index in [0.717, 1.165) is 19.4 Å². The van der Waals surface area contributed by atoms with Crippen molar-refractivity contribution in [3.63, 3.8) is 0 Å². The van der Waals surface area contributed by atoms with Crippen molar-refractivity contribution < 1.29 is 12.8 Å². The zero-order chi connectivity index (χ0) is 17.9. The molecular weight excluding hydrogens is 343 g/mol. The Morgan fingerprint density at radius 3 is 2.72 bits per heavy atom. The van der Waals surface area contributed by atoms with E-state index in [9.17, 15) is 12.8 Å². The minimum Gasteiger partial charge on any atom is -0.367 e. The topological polar surface area (TPSA) is 74.3 Å². The van der Waals surface area contributed by atoms with Crippen molar-refractivity contribution in [3.8, 4) is 0 Å². The summed E-state index contributed by atoms with van der Waals surface area (Å²) < 4.78 is 39.7. The van der Waals surface area contributed by atoms with Crippen molar-refractivity contribution in [1.82, 2.24) is 9.71 Å². The van der Waals surface area contributed by atoms with Gasteiger partial charge in [0.1, 0.15) is 16.5 Å². The van der Waals surface area contributed by atoms with Gasteiger partial charge in [0.15, 0.2) is 0 Å². The Hall–Kier alpha value is -2.19. The minimum atomic E-state index is -3.49. The van der Waals surface area contributed by atoms with Gasteiger partial charge in [-0.05, 0) is 44.2 Å². The first-order valence-corrected chi connectivity index (χ1v) is 9.63. The molecule has 1 aliphatic heterocycles. The number of benzene rings is 1. The van der Waals surface area contributed by atoms with Gasteiger partial charge in [-0.15, -0.1) is 0 Å². The number of nitrogens with zero attached hydrogens (tertiary/aromatic N) is 2. The highest BCUT2D eigenvalue weighted by Gasteiger charge is 2.22. The zero-order valence-corrected chi connectivity index (χ0v) is 14.8. The molecule has 1 fully saturated rings. The lowest BCUT2D eigenvalue weighted by atomic mass is 10.0. The third kappa shape index (κ3) is 4.08. The second kappa shape index (κ2) is 7.37. The van der Waals surface area contributed by atoms with Gasteiger partial charge in [-0.3, -0.25) is 0 Å². The van der Waals surface area contributed by atoms with Crippen LogP contribution in [-0.2, 0) is 10.0 Å². The first kappa shape index (κ1) is 17.6. The molecule has 1 aromatic heterocycles. The van der Waals surface area contributed by atoms with Crippen molar-refractivity contribution in [3.05, 3.63) is 48.4 Å². The number of halogens is 1. The van der Waals surface area contributed by atoms with E-state index in [1.165, 1.54) is 25.4 Å². The van der Waals surface area contributed by atoms with Crippen LogP contribution in [0.3, 0.4) is 0 Å². The van der Waals surface area contributed by atoms with Gasteiger partial charge in [-0.2, -0.15) is 0 Å². The van der Waals surface area contributed by atoms with Crippen LogP contribution in [0.1, 0.15) is 12.8 Å². The van der Waals surface area contributed by atoms with E-state index < -0.39 is 10.0 Å². The van der Waals surface area contributed by atoms with Gasteiger partial charge >= 0.3 is 0 Å². The van der Waals surface area contributed by atoms with Crippen LogP contribution < -0.4 is 14.9 Å². The molecule has 134 valence electrons. The third-order valence-electron chi connectivity index (χ3n) is 4.28. The average Bonchev–Trinajstić information content (AvgIpc) is 2.63. The molecule has 0 bridgehead atoms. The van der Waals surface area contributed by atoms with Gasteiger partial charge in [0.05, 0.1) is 5.69 Å². The number of rotatable bonds is 5.